The number of aromatic nitrogens is 3. The van der Waals surface area contributed by atoms with Crippen molar-refractivity contribution in [3.8, 4) is 6.01 Å². The van der Waals surface area contributed by atoms with Crippen LogP contribution in [0.3, 0.4) is 0 Å². The summed E-state index contributed by atoms with van der Waals surface area (Å²) in [6.45, 7) is 4.23. The molecule has 0 saturated carbocycles. The molecule has 0 spiro atoms. The SMILES string of the molecule is COc1nc(C)c2c(C3CCNCC3)cn(C)c2n1. The highest BCUT2D eigenvalue weighted by molar-refractivity contribution is 5.83. The highest BCUT2D eigenvalue weighted by Crippen LogP contribution is 2.33. The maximum absolute atomic E-state index is 5.17. The van der Waals surface area contributed by atoms with Crippen LogP contribution in [0.25, 0.3) is 11.0 Å². The first-order valence-electron chi connectivity index (χ1n) is 6.79. The average Bonchev–Trinajstić information content (AvgIpc) is 2.78. The van der Waals surface area contributed by atoms with Gasteiger partial charge in [0, 0.05) is 18.6 Å². The molecule has 1 fully saturated rings. The number of piperidine rings is 1. The number of nitrogens with zero attached hydrogens (tertiary/aromatic N) is 3. The van der Waals surface area contributed by atoms with Crippen LogP contribution in [0.1, 0.15) is 30.0 Å². The molecular weight excluding hydrogens is 240 g/mol. The summed E-state index contributed by atoms with van der Waals surface area (Å²) in [4.78, 5) is 8.91. The Morgan fingerprint density at radius 3 is 2.74 bits per heavy atom. The number of methoxy groups -OCH3 is 1. The summed E-state index contributed by atoms with van der Waals surface area (Å²) in [6.07, 6.45) is 4.58. The van der Waals surface area contributed by atoms with Gasteiger partial charge in [-0.25, -0.2) is 0 Å². The molecule has 3 heterocycles. The Hall–Kier alpha value is -1.62. The van der Waals surface area contributed by atoms with Gasteiger partial charge in [0.25, 0.3) is 0 Å². The van der Waals surface area contributed by atoms with Gasteiger partial charge in [-0.2, -0.15) is 9.97 Å². The monoisotopic (exact) mass is 260 g/mol. The van der Waals surface area contributed by atoms with Crippen LogP contribution in [-0.2, 0) is 7.05 Å². The Balaban J connectivity index is 2.15. The van der Waals surface area contributed by atoms with E-state index < -0.39 is 0 Å². The van der Waals surface area contributed by atoms with Gasteiger partial charge in [0.05, 0.1) is 12.8 Å². The van der Waals surface area contributed by atoms with E-state index in [0.717, 1.165) is 24.4 Å². The number of rotatable bonds is 2. The second-order valence-corrected chi connectivity index (χ2v) is 5.21. The Labute approximate surface area is 113 Å². The molecule has 0 amide bonds. The van der Waals surface area contributed by atoms with Gasteiger partial charge in [-0.05, 0) is 44.3 Å². The van der Waals surface area contributed by atoms with Gasteiger partial charge in [0.15, 0.2) is 0 Å². The van der Waals surface area contributed by atoms with E-state index in [2.05, 4.69) is 26.0 Å². The zero-order valence-electron chi connectivity index (χ0n) is 11.7. The minimum atomic E-state index is 0.447. The Morgan fingerprint density at radius 1 is 1.32 bits per heavy atom. The predicted octanol–water partition coefficient (Wildman–Crippen LogP) is 1.75. The normalized spacial score (nSPS) is 17.0. The Bertz CT molecular complexity index is 599. The van der Waals surface area contributed by atoms with Crippen molar-refractivity contribution < 1.29 is 4.74 Å². The second-order valence-electron chi connectivity index (χ2n) is 5.21. The zero-order chi connectivity index (χ0) is 13.4. The minimum Gasteiger partial charge on any atom is -0.467 e. The first kappa shape index (κ1) is 12.4. The lowest BCUT2D eigenvalue weighted by Crippen LogP contribution is -2.26. The van der Waals surface area contributed by atoms with E-state index in [1.165, 1.54) is 23.8 Å². The van der Waals surface area contributed by atoms with Gasteiger partial charge in [0.2, 0.25) is 0 Å². The molecule has 5 nitrogen and oxygen atoms in total. The van der Waals surface area contributed by atoms with Crippen molar-refractivity contribution in [2.24, 2.45) is 7.05 Å². The smallest absolute Gasteiger partial charge is 0.318 e. The molecule has 2 aromatic rings. The predicted molar refractivity (Wildman–Crippen MR) is 74.6 cm³/mol. The molecule has 1 saturated heterocycles. The van der Waals surface area contributed by atoms with Crippen LogP contribution in [0, 0.1) is 6.92 Å². The van der Waals surface area contributed by atoms with E-state index in [0.29, 0.717) is 11.9 Å². The summed E-state index contributed by atoms with van der Waals surface area (Å²) in [5.74, 6) is 0.612. The third-order valence-corrected chi connectivity index (χ3v) is 3.97. The van der Waals surface area contributed by atoms with Crippen molar-refractivity contribution in [1.82, 2.24) is 19.9 Å². The zero-order valence-corrected chi connectivity index (χ0v) is 11.7. The van der Waals surface area contributed by atoms with E-state index in [4.69, 9.17) is 4.74 Å². The van der Waals surface area contributed by atoms with Crippen molar-refractivity contribution in [2.45, 2.75) is 25.7 Å². The molecule has 0 aliphatic carbocycles. The van der Waals surface area contributed by atoms with Crippen molar-refractivity contribution in [3.63, 3.8) is 0 Å². The van der Waals surface area contributed by atoms with Crippen molar-refractivity contribution in [3.05, 3.63) is 17.5 Å². The molecule has 0 radical (unpaired) electrons. The highest BCUT2D eigenvalue weighted by atomic mass is 16.5. The van der Waals surface area contributed by atoms with Gasteiger partial charge in [-0.1, -0.05) is 0 Å². The summed E-state index contributed by atoms with van der Waals surface area (Å²) in [6, 6.07) is 0.447. The molecular formula is C14H20N4O. The van der Waals surface area contributed by atoms with Gasteiger partial charge in [-0.3, -0.25) is 0 Å². The molecule has 1 aliphatic heterocycles. The molecule has 102 valence electrons. The van der Waals surface area contributed by atoms with Crippen molar-refractivity contribution >= 4 is 11.0 Å². The van der Waals surface area contributed by atoms with E-state index in [-0.39, 0.29) is 0 Å². The van der Waals surface area contributed by atoms with Crippen LogP contribution >= 0.6 is 0 Å². The van der Waals surface area contributed by atoms with E-state index in [1.807, 2.05) is 14.0 Å². The van der Waals surface area contributed by atoms with Crippen molar-refractivity contribution in [2.75, 3.05) is 20.2 Å². The fourth-order valence-electron chi connectivity index (χ4n) is 2.99. The maximum Gasteiger partial charge on any atom is 0.318 e. The highest BCUT2D eigenvalue weighted by Gasteiger charge is 2.22. The van der Waals surface area contributed by atoms with Crippen molar-refractivity contribution in [1.29, 1.82) is 0 Å². The molecule has 1 aliphatic rings. The van der Waals surface area contributed by atoms with Crippen LogP contribution in [-0.4, -0.2) is 34.7 Å². The van der Waals surface area contributed by atoms with Gasteiger partial charge >= 0.3 is 6.01 Å². The number of hydrogen-bond donors (Lipinski definition) is 1. The fraction of sp³-hybridized carbons (Fsp3) is 0.571. The molecule has 5 heteroatoms. The van der Waals surface area contributed by atoms with Crippen LogP contribution in [0.2, 0.25) is 0 Å². The summed E-state index contributed by atoms with van der Waals surface area (Å²) in [5, 5.41) is 4.62. The van der Waals surface area contributed by atoms with E-state index in [1.54, 1.807) is 7.11 Å². The molecule has 0 aromatic carbocycles. The molecule has 1 N–H and O–H groups in total. The summed E-state index contributed by atoms with van der Waals surface area (Å²) >= 11 is 0. The van der Waals surface area contributed by atoms with Gasteiger partial charge < -0.3 is 14.6 Å². The number of fused-ring (bicyclic) bond motifs is 1. The first-order chi connectivity index (χ1) is 9.20. The minimum absolute atomic E-state index is 0.447. The van der Waals surface area contributed by atoms with Gasteiger partial charge in [0.1, 0.15) is 5.65 Å². The lowest BCUT2D eigenvalue weighted by molar-refractivity contribution is 0.380. The molecule has 19 heavy (non-hydrogen) atoms. The van der Waals surface area contributed by atoms with E-state index in [9.17, 15) is 0 Å². The number of ether oxygens (including phenoxy) is 1. The van der Waals surface area contributed by atoms with Gasteiger partial charge in [-0.15, -0.1) is 0 Å². The average molecular weight is 260 g/mol. The molecule has 3 rings (SSSR count). The molecule has 0 atom stereocenters. The van der Waals surface area contributed by atoms with Crippen LogP contribution in [0.15, 0.2) is 6.20 Å². The molecule has 0 unspecified atom stereocenters. The second kappa shape index (κ2) is 4.81. The third kappa shape index (κ3) is 2.08. The topological polar surface area (TPSA) is 52.0 Å². The first-order valence-corrected chi connectivity index (χ1v) is 6.79. The quantitative estimate of drug-likeness (QED) is 0.894. The van der Waals surface area contributed by atoms with Crippen LogP contribution in [0.5, 0.6) is 6.01 Å². The maximum atomic E-state index is 5.17. The summed E-state index contributed by atoms with van der Waals surface area (Å²) in [7, 11) is 3.65. The lowest BCUT2D eigenvalue weighted by Gasteiger charge is -2.22. The molecule has 0 bridgehead atoms. The van der Waals surface area contributed by atoms with Crippen LogP contribution < -0.4 is 10.1 Å². The summed E-state index contributed by atoms with van der Waals surface area (Å²) in [5.41, 5.74) is 3.37. The largest absolute Gasteiger partial charge is 0.467 e. The molecule has 2 aromatic heterocycles. The fourth-order valence-corrected chi connectivity index (χ4v) is 2.99. The Kier molecular flexibility index (Phi) is 3.14. The van der Waals surface area contributed by atoms with E-state index >= 15 is 0 Å². The number of hydrogen-bond acceptors (Lipinski definition) is 4. The standard InChI is InChI=1S/C14H20N4O/c1-9-12-11(10-4-6-15-7-5-10)8-18(2)13(12)17-14(16-9)19-3/h8,10,15H,4-7H2,1-3H3. The summed E-state index contributed by atoms with van der Waals surface area (Å²) < 4.78 is 7.25. The Morgan fingerprint density at radius 2 is 2.05 bits per heavy atom. The lowest BCUT2D eigenvalue weighted by atomic mass is 9.90. The van der Waals surface area contributed by atoms with Crippen LogP contribution in [0.4, 0.5) is 0 Å². The number of nitrogens with one attached hydrogen (secondary N) is 1. The third-order valence-electron chi connectivity index (χ3n) is 3.97. The number of aryl methyl sites for hydroxylation is 2.